The summed E-state index contributed by atoms with van der Waals surface area (Å²) < 4.78 is 1.19. The van der Waals surface area contributed by atoms with Gasteiger partial charge in [0.15, 0.2) is 5.84 Å². The van der Waals surface area contributed by atoms with Crippen molar-refractivity contribution in [1.29, 1.82) is 0 Å². The SMILES string of the molecule is CCNn1c(O)c2cc3c(c4cccc(c1=O)c24)=NC(c1c[nH]c2ccccc12)=N3. The number of benzene rings is 3. The maximum Gasteiger partial charge on any atom is 0.279 e. The zero-order valence-corrected chi connectivity index (χ0v) is 16.1. The Labute approximate surface area is 170 Å². The van der Waals surface area contributed by atoms with Gasteiger partial charge in [0.05, 0.1) is 16.4 Å². The Bertz CT molecular complexity index is 1640. The lowest BCUT2D eigenvalue weighted by molar-refractivity contribution is 0.432. The minimum atomic E-state index is -0.289. The van der Waals surface area contributed by atoms with E-state index in [4.69, 9.17) is 9.98 Å². The molecule has 0 saturated carbocycles. The molecule has 6 rings (SSSR count). The third kappa shape index (κ3) is 2.11. The molecule has 2 aromatic heterocycles. The maximum absolute atomic E-state index is 12.9. The Morgan fingerprint density at radius 1 is 1.03 bits per heavy atom. The second kappa shape index (κ2) is 5.93. The van der Waals surface area contributed by atoms with Gasteiger partial charge in [-0.3, -0.25) is 4.79 Å². The summed E-state index contributed by atoms with van der Waals surface area (Å²) in [6, 6.07) is 15.3. The summed E-state index contributed by atoms with van der Waals surface area (Å²) in [5.41, 5.74) is 5.24. The first-order valence-corrected chi connectivity index (χ1v) is 9.78. The summed E-state index contributed by atoms with van der Waals surface area (Å²) in [6.07, 6.45) is 1.91. The van der Waals surface area contributed by atoms with E-state index in [1.165, 1.54) is 4.68 Å². The highest BCUT2D eigenvalue weighted by Crippen LogP contribution is 2.33. The second-order valence-electron chi connectivity index (χ2n) is 7.29. The lowest BCUT2D eigenvalue weighted by Crippen LogP contribution is -2.29. The summed E-state index contributed by atoms with van der Waals surface area (Å²) in [4.78, 5) is 25.8. The van der Waals surface area contributed by atoms with E-state index in [1.807, 2.05) is 49.5 Å². The van der Waals surface area contributed by atoms with Gasteiger partial charge in [0.25, 0.3) is 5.56 Å². The lowest BCUT2D eigenvalue weighted by atomic mass is 10.0. The van der Waals surface area contributed by atoms with Gasteiger partial charge in [0, 0.05) is 45.4 Å². The number of nitrogens with one attached hydrogen (secondary N) is 2. The molecule has 5 aromatic rings. The molecule has 3 aromatic carbocycles. The van der Waals surface area contributed by atoms with Gasteiger partial charge in [-0.15, -0.1) is 0 Å². The average molecular weight is 395 g/mol. The first kappa shape index (κ1) is 16.8. The van der Waals surface area contributed by atoms with Crippen molar-refractivity contribution in [2.75, 3.05) is 12.0 Å². The van der Waals surface area contributed by atoms with Crippen molar-refractivity contribution in [3.63, 3.8) is 0 Å². The number of H-pyrrole nitrogens is 1. The first-order valence-electron chi connectivity index (χ1n) is 9.78. The zero-order chi connectivity index (χ0) is 20.4. The molecule has 0 fully saturated rings. The maximum atomic E-state index is 12.9. The van der Waals surface area contributed by atoms with Crippen LogP contribution >= 0.6 is 0 Å². The number of amidine groups is 1. The predicted molar refractivity (Wildman–Crippen MR) is 119 cm³/mol. The summed E-state index contributed by atoms with van der Waals surface area (Å²) in [6.45, 7) is 2.38. The number of hydrogen-bond donors (Lipinski definition) is 3. The fourth-order valence-electron chi connectivity index (χ4n) is 4.28. The van der Waals surface area contributed by atoms with Crippen molar-refractivity contribution in [1.82, 2.24) is 9.66 Å². The Kier molecular flexibility index (Phi) is 3.32. The quantitative estimate of drug-likeness (QED) is 0.437. The van der Waals surface area contributed by atoms with Gasteiger partial charge < -0.3 is 15.5 Å². The molecule has 0 spiro atoms. The molecule has 0 radical (unpaired) electrons. The van der Waals surface area contributed by atoms with E-state index in [2.05, 4.69) is 10.4 Å². The van der Waals surface area contributed by atoms with Gasteiger partial charge in [-0.2, -0.15) is 4.68 Å². The molecule has 3 heterocycles. The van der Waals surface area contributed by atoms with E-state index in [-0.39, 0.29) is 11.4 Å². The van der Waals surface area contributed by atoms with E-state index in [9.17, 15) is 9.90 Å². The topological polar surface area (TPSA) is 94.8 Å². The number of nitrogens with zero attached hydrogens (tertiary/aromatic N) is 3. The molecule has 0 amide bonds. The molecule has 0 unspecified atom stereocenters. The highest BCUT2D eigenvalue weighted by atomic mass is 16.3. The highest BCUT2D eigenvalue weighted by Gasteiger charge is 2.21. The highest BCUT2D eigenvalue weighted by molar-refractivity contribution is 6.16. The fraction of sp³-hybridized carbons (Fsp3) is 0.0870. The Morgan fingerprint density at radius 2 is 1.83 bits per heavy atom. The summed E-state index contributed by atoms with van der Waals surface area (Å²) in [5.74, 6) is 0.490. The van der Waals surface area contributed by atoms with Crippen LogP contribution in [0.4, 0.5) is 5.69 Å². The van der Waals surface area contributed by atoms with Crippen LogP contribution in [-0.2, 0) is 0 Å². The molecule has 7 heteroatoms. The molecule has 146 valence electrons. The first-order chi connectivity index (χ1) is 14.7. The van der Waals surface area contributed by atoms with E-state index < -0.39 is 0 Å². The Balaban J connectivity index is 1.69. The van der Waals surface area contributed by atoms with Crippen LogP contribution in [-0.4, -0.2) is 27.1 Å². The van der Waals surface area contributed by atoms with E-state index >= 15 is 0 Å². The molecule has 30 heavy (non-hydrogen) atoms. The van der Waals surface area contributed by atoms with Crippen LogP contribution < -0.4 is 16.3 Å². The predicted octanol–water partition coefficient (Wildman–Crippen LogP) is 3.34. The molecule has 1 aliphatic heterocycles. The van der Waals surface area contributed by atoms with Crippen molar-refractivity contribution < 1.29 is 5.11 Å². The number of aliphatic imine (C=N–C) groups is 1. The van der Waals surface area contributed by atoms with Gasteiger partial charge in [0.1, 0.15) is 0 Å². The normalized spacial score (nSPS) is 13.0. The van der Waals surface area contributed by atoms with Crippen LogP contribution in [0.3, 0.4) is 0 Å². The minimum absolute atomic E-state index is 0.121. The smallest absolute Gasteiger partial charge is 0.279 e. The van der Waals surface area contributed by atoms with Crippen molar-refractivity contribution >= 4 is 44.0 Å². The standard InChI is InChI=1S/C23H17N5O2/c1-2-25-28-22(29)14-8-5-7-13-19(14)15(23(28)30)10-18-20(13)27-21(26-18)16-11-24-17-9-4-3-6-12(16)17/h3-11,24-25,30H,2H2,1H3. The van der Waals surface area contributed by atoms with Gasteiger partial charge in [-0.1, -0.05) is 30.3 Å². The van der Waals surface area contributed by atoms with Crippen LogP contribution in [0.5, 0.6) is 5.88 Å². The third-order valence-electron chi connectivity index (χ3n) is 5.59. The molecule has 3 N–H and O–H groups in total. The fourth-order valence-corrected chi connectivity index (χ4v) is 4.28. The number of hydrogen-bond acceptors (Lipinski definition) is 5. The number of aromatic nitrogens is 2. The molecule has 0 saturated heterocycles. The van der Waals surface area contributed by atoms with Crippen LogP contribution in [0.1, 0.15) is 12.5 Å². The zero-order valence-electron chi connectivity index (χ0n) is 16.1. The van der Waals surface area contributed by atoms with Gasteiger partial charge in [-0.25, -0.2) is 9.98 Å². The number of para-hydroxylation sites is 1. The van der Waals surface area contributed by atoms with Crippen molar-refractivity contribution in [3.05, 3.63) is 76.0 Å². The molecule has 0 atom stereocenters. The summed E-state index contributed by atoms with van der Waals surface area (Å²) in [7, 11) is 0. The number of aromatic amines is 1. The minimum Gasteiger partial charge on any atom is -0.493 e. The molecule has 0 aliphatic carbocycles. The molecular weight excluding hydrogens is 378 g/mol. The van der Waals surface area contributed by atoms with Crippen LogP contribution in [0, 0.1) is 0 Å². The van der Waals surface area contributed by atoms with Gasteiger partial charge in [-0.05, 0) is 25.1 Å². The Hall–Kier alpha value is -4.13. The van der Waals surface area contributed by atoms with Gasteiger partial charge in [0.2, 0.25) is 5.88 Å². The van der Waals surface area contributed by atoms with Crippen LogP contribution in [0.2, 0.25) is 0 Å². The van der Waals surface area contributed by atoms with E-state index in [0.717, 1.165) is 21.9 Å². The summed E-state index contributed by atoms with van der Waals surface area (Å²) >= 11 is 0. The van der Waals surface area contributed by atoms with Crippen molar-refractivity contribution in [2.24, 2.45) is 9.98 Å². The molecule has 7 nitrogen and oxygen atoms in total. The molecule has 0 bridgehead atoms. The van der Waals surface area contributed by atoms with Crippen molar-refractivity contribution in [2.45, 2.75) is 6.92 Å². The number of fused-ring (bicyclic) bond motifs is 3. The van der Waals surface area contributed by atoms with E-state index in [0.29, 0.717) is 39.6 Å². The van der Waals surface area contributed by atoms with Crippen LogP contribution in [0.15, 0.2) is 69.5 Å². The lowest BCUT2D eigenvalue weighted by Gasteiger charge is -2.14. The number of rotatable bonds is 3. The number of aromatic hydroxyl groups is 1. The van der Waals surface area contributed by atoms with Gasteiger partial charge >= 0.3 is 0 Å². The van der Waals surface area contributed by atoms with Crippen molar-refractivity contribution in [3.8, 4) is 5.88 Å². The average Bonchev–Trinajstić information content (AvgIpc) is 3.38. The second-order valence-corrected chi connectivity index (χ2v) is 7.29. The molecule has 1 aliphatic rings. The van der Waals surface area contributed by atoms with Crippen LogP contribution in [0.25, 0.3) is 32.4 Å². The largest absolute Gasteiger partial charge is 0.493 e. The molecular formula is C23H17N5O2. The van der Waals surface area contributed by atoms with E-state index in [1.54, 1.807) is 12.1 Å². The monoisotopic (exact) mass is 395 g/mol. The number of pyridine rings is 1. The third-order valence-corrected chi connectivity index (χ3v) is 5.59. The summed E-state index contributed by atoms with van der Waals surface area (Å²) in [5, 5.41) is 15.2. The Morgan fingerprint density at radius 3 is 2.70 bits per heavy atom.